The molecule has 0 atom stereocenters. The van der Waals surface area contributed by atoms with Crippen LogP contribution in [-0.4, -0.2) is 21.9 Å². The van der Waals surface area contributed by atoms with Gasteiger partial charge >= 0.3 is 5.97 Å². The number of rotatable bonds is 5. The van der Waals surface area contributed by atoms with E-state index in [0.717, 1.165) is 22.2 Å². The standard InChI is InChI=1S/C24H22N2O2/c1-17(2)28-24(27)20-14-12-19(13-15-20)23-21-10-6-7-11-22(21)26(25-23)16-18-8-4-3-5-9-18/h3-15,17H,16H2,1-2H3. The maximum absolute atomic E-state index is 12.1. The van der Waals surface area contributed by atoms with Crippen LogP contribution in [-0.2, 0) is 11.3 Å². The van der Waals surface area contributed by atoms with Crippen LogP contribution in [0.3, 0.4) is 0 Å². The molecule has 4 rings (SSSR count). The summed E-state index contributed by atoms with van der Waals surface area (Å²) in [6, 6.07) is 26.0. The molecule has 0 saturated carbocycles. The van der Waals surface area contributed by atoms with Crippen LogP contribution in [0.1, 0.15) is 29.8 Å². The molecule has 0 aliphatic rings. The number of aromatic nitrogens is 2. The van der Waals surface area contributed by atoms with E-state index >= 15 is 0 Å². The van der Waals surface area contributed by atoms with Gasteiger partial charge in [-0.15, -0.1) is 0 Å². The molecule has 1 aromatic heterocycles. The molecular weight excluding hydrogens is 348 g/mol. The monoisotopic (exact) mass is 370 g/mol. The zero-order valence-electron chi connectivity index (χ0n) is 16.0. The van der Waals surface area contributed by atoms with E-state index in [1.165, 1.54) is 5.56 Å². The highest BCUT2D eigenvalue weighted by atomic mass is 16.5. The van der Waals surface area contributed by atoms with Gasteiger partial charge in [-0.05, 0) is 37.6 Å². The van der Waals surface area contributed by atoms with Crippen LogP contribution in [0.25, 0.3) is 22.2 Å². The van der Waals surface area contributed by atoms with Crippen LogP contribution in [0.5, 0.6) is 0 Å². The van der Waals surface area contributed by atoms with Crippen LogP contribution in [0.2, 0.25) is 0 Å². The molecule has 4 nitrogen and oxygen atoms in total. The third-order valence-electron chi connectivity index (χ3n) is 4.57. The fourth-order valence-corrected chi connectivity index (χ4v) is 3.26. The third kappa shape index (κ3) is 3.67. The minimum Gasteiger partial charge on any atom is -0.459 e. The van der Waals surface area contributed by atoms with E-state index < -0.39 is 0 Å². The fourth-order valence-electron chi connectivity index (χ4n) is 3.26. The molecule has 0 aliphatic heterocycles. The summed E-state index contributed by atoms with van der Waals surface area (Å²) in [7, 11) is 0. The maximum Gasteiger partial charge on any atom is 0.338 e. The van der Waals surface area contributed by atoms with Crippen molar-refractivity contribution in [3.63, 3.8) is 0 Å². The number of nitrogens with zero attached hydrogens (tertiary/aromatic N) is 2. The fraction of sp³-hybridized carbons (Fsp3) is 0.167. The smallest absolute Gasteiger partial charge is 0.338 e. The van der Waals surface area contributed by atoms with Gasteiger partial charge in [0.1, 0.15) is 5.69 Å². The second-order valence-electron chi connectivity index (χ2n) is 7.04. The highest BCUT2D eigenvalue weighted by molar-refractivity contribution is 5.95. The van der Waals surface area contributed by atoms with Crippen LogP contribution in [0.4, 0.5) is 0 Å². The molecule has 4 aromatic rings. The molecule has 0 saturated heterocycles. The van der Waals surface area contributed by atoms with E-state index in [4.69, 9.17) is 9.84 Å². The van der Waals surface area contributed by atoms with Gasteiger partial charge in [-0.1, -0.05) is 60.7 Å². The van der Waals surface area contributed by atoms with E-state index in [0.29, 0.717) is 12.1 Å². The number of esters is 1. The Bertz CT molecular complexity index is 1100. The first-order valence-electron chi connectivity index (χ1n) is 9.43. The summed E-state index contributed by atoms with van der Waals surface area (Å²) in [6.07, 6.45) is -0.134. The molecule has 0 aliphatic carbocycles. The summed E-state index contributed by atoms with van der Waals surface area (Å²) in [6.45, 7) is 4.40. The van der Waals surface area contributed by atoms with Crippen LogP contribution >= 0.6 is 0 Å². The van der Waals surface area contributed by atoms with Gasteiger partial charge in [-0.3, -0.25) is 4.68 Å². The van der Waals surface area contributed by atoms with Gasteiger partial charge in [0.15, 0.2) is 0 Å². The van der Waals surface area contributed by atoms with E-state index in [-0.39, 0.29) is 12.1 Å². The van der Waals surface area contributed by atoms with E-state index in [2.05, 4.69) is 24.3 Å². The molecule has 0 amide bonds. The van der Waals surface area contributed by atoms with Crippen molar-refractivity contribution in [1.29, 1.82) is 0 Å². The molecule has 0 unspecified atom stereocenters. The number of fused-ring (bicyclic) bond motifs is 1. The highest BCUT2D eigenvalue weighted by Gasteiger charge is 2.14. The summed E-state index contributed by atoms with van der Waals surface area (Å²) >= 11 is 0. The van der Waals surface area contributed by atoms with Crippen molar-refractivity contribution in [2.75, 3.05) is 0 Å². The highest BCUT2D eigenvalue weighted by Crippen LogP contribution is 2.28. The van der Waals surface area contributed by atoms with Gasteiger partial charge in [0, 0.05) is 10.9 Å². The predicted molar refractivity (Wildman–Crippen MR) is 111 cm³/mol. The molecule has 0 N–H and O–H groups in total. The van der Waals surface area contributed by atoms with E-state index in [9.17, 15) is 4.79 Å². The van der Waals surface area contributed by atoms with Gasteiger partial charge in [0.25, 0.3) is 0 Å². The summed E-state index contributed by atoms with van der Waals surface area (Å²) in [4.78, 5) is 12.1. The summed E-state index contributed by atoms with van der Waals surface area (Å²) in [5, 5.41) is 5.97. The second kappa shape index (κ2) is 7.69. The first-order chi connectivity index (χ1) is 13.6. The topological polar surface area (TPSA) is 44.1 Å². The Morgan fingerprint density at radius 3 is 2.32 bits per heavy atom. The van der Waals surface area contributed by atoms with Gasteiger partial charge < -0.3 is 4.74 Å². The van der Waals surface area contributed by atoms with Crippen LogP contribution in [0, 0.1) is 0 Å². The van der Waals surface area contributed by atoms with Crippen molar-refractivity contribution in [3.8, 4) is 11.3 Å². The number of hydrogen-bond acceptors (Lipinski definition) is 3. The molecule has 1 heterocycles. The van der Waals surface area contributed by atoms with Crippen molar-refractivity contribution in [2.45, 2.75) is 26.5 Å². The van der Waals surface area contributed by atoms with Crippen molar-refractivity contribution < 1.29 is 9.53 Å². The average Bonchev–Trinajstić information content (AvgIpc) is 3.07. The number of benzene rings is 3. The second-order valence-corrected chi connectivity index (χ2v) is 7.04. The molecule has 0 spiro atoms. The summed E-state index contributed by atoms with van der Waals surface area (Å²) in [5.41, 5.74) is 4.73. The molecule has 3 aromatic carbocycles. The zero-order chi connectivity index (χ0) is 19.5. The maximum atomic E-state index is 12.1. The molecule has 0 bridgehead atoms. The van der Waals surface area contributed by atoms with E-state index in [1.54, 1.807) is 12.1 Å². The molecule has 0 radical (unpaired) electrons. The summed E-state index contributed by atoms with van der Waals surface area (Å²) in [5.74, 6) is -0.305. The quantitative estimate of drug-likeness (QED) is 0.447. The van der Waals surface area contributed by atoms with Gasteiger partial charge in [0.2, 0.25) is 0 Å². The largest absolute Gasteiger partial charge is 0.459 e. The van der Waals surface area contributed by atoms with Crippen molar-refractivity contribution in [2.24, 2.45) is 0 Å². The Morgan fingerprint density at radius 2 is 1.61 bits per heavy atom. The van der Waals surface area contributed by atoms with Gasteiger partial charge in [0.05, 0.1) is 23.7 Å². The van der Waals surface area contributed by atoms with Crippen molar-refractivity contribution >= 4 is 16.9 Å². The third-order valence-corrected chi connectivity index (χ3v) is 4.57. The van der Waals surface area contributed by atoms with E-state index in [1.807, 2.05) is 61.0 Å². The molecule has 28 heavy (non-hydrogen) atoms. The SMILES string of the molecule is CC(C)OC(=O)c1ccc(-c2nn(Cc3ccccc3)c3ccccc23)cc1. The molecule has 140 valence electrons. The number of carbonyl (C=O) groups is 1. The Balaban J connectivity index is 1.70. The van der Waals surface area contributed by atoms with Crippen molar-refractivity contribution in [3.05, 3.63) is 90.0 Å². The van der Waals surface area contributed by atoms with Crippen LogP contribution < -0.4 is 0 Å². The van der Waals surface area contributed by atoms with Gasteiger partial charge in [-0.2, -0.15) is 5.10 Å². The molecule has 0 fully saturated rings. The lowest BCUT2D eigenvalue weighted by atomic mass is 10.1. The number of carbonyl (C=O) groups excluding carboxylic acids is 1. The Morgan fingerprint density at radius 1 is 0.929 bits per heavy atom. The minimum absolute atomic E-state index is 0.134. The Hall–Kier alpha value is -3.40. The lowest BCUT2D eigenvalue weighted by molar-refractivity contribution is 0.0378. The molecule has 4 heteroatoms. The average molecular weight is 370 g/mol. The lowest BCUT2D eigenvalue weighted by Crippen LogP contribution is -2.11. The van der Waals surface area contributed by atoms with Crippen LogP contribution in [0.15, 0.2) is 78.9 Å². The van der Waals surface area contributed by atoms with Gasteiger partial charge in [-0.25, -0.2) is 4.79 Å². The zero-order valence-corrected chi connectivity index (χ0v) is 16.0. The minimum atomic E-state index is -0.305. The normalized spacial score (nSPS) is 11.1. The Labute approximate surface area is 164 Å². The van der Waals surface area contributed by atoms with Crippen molar-refractivity contribution in [1.82, 2.24) is 9.78 Å². The summed E-state index contributed by atoms with van der Waals surface area (Å²) < 4.78 is 7.29. The number of hydrogen-bond donors (Lipinski definition) is 0. The lowest BCUT2D eigenvalue weighted by Gasteiger charge is -2.08. The molecular formula is C24H22N2O2. The first-order valence-corrected chi connectivity index (χ1v) is 9.43. The first kappa shape index (κ1) is 18.0. The number of ether oxygens (including phenoxy) is 1. The predicted octanol–water partition coefficient (Wildman–Crippen LogP) is 5.32. The number of para-hydroxylation sites is 1. The Kier molecular flexibility index (Phi) is 4.94.